The molecule has 0 bridgehead atoms. The summed E-state index contributed by atoms with van der Waals surface area (Å²) >= 11 is 0. The van der Waals surface area contributed by atoms with E-state index in [4.69, 9.17) is 11.5 Å². The second-order valence-electron chi connectivity index (χ2n) is 10.5. The second-order valence-corrected chi connectivity index (χ2v) is 10.5. The molecule has 12 heteroatoms. The number of piperidine rings is 1. The van der Waals surface area contributed by atoms with E-state index >= 15 is 0 Å². The standard InChI is InChI=1S/C28H32F3N9/c1-17(37-26-21(9-6-12-34-26)40-13-10-27(2,33)11-14-40)22-24(32)35-16-20(38-22)23-19(28(29,30)31)15-36-25(39-23)18-7-4-3-5-8-18/h6-7,9,12,15-16H,1,3-5,8,10-11,13-14,33H2,2H3,(H2,32,35)(H,34,37). The Morgan fingerprint density at radius 1 is 1.10 bits per heavy atom. The number of pyridine rings is 1. The Bertz CT molecular complexity index is 1440. The predicted molar refractivity (Wildman–Crippen MR) is 150 cm³/mol. The van der Waals surface area contributed by atoms with Crippen LogP contribution in [-0.2, 0) is 6.18 Å². The predicted octanol–water partition coefficient (Wildman–Crippen LogP) is 5.29. The van der Waals surface area contributed by atoms with Crippen LogP contribution in [0, 0.1) is 0 Å². The van der Waals surface area contributed by atoms with Crippen molar-refractivity contribution >= 4 is 28.6 Å². The molecule has 5 rings (SSSR count). The third-order valence-electron chi connectivity index (χ3n) is 7.30. The van der Waals surface area contributed by atoms with Crippen molar-refractivity contribution in [2.45, 2.75) is 57.2 Å². The molecule has 3 aromatic heterocycles. The molecule has 0 unspecified atom stereocenters. The van der Waals surface area contributed by atoms with Gasteiger partial charge in [0.15, 0.2) is 17.5 Å². The number of alkyl halides is 3. The maximum atomic E-state index is 14.0. The number of halogens is 3. The van der Waals surface area contributed by atoms with Crippen molar-refractivity contribution in [1.82, 2.24) is 24.9 Å². The fourth-order valence-electron chi connectivity index (χ4n) is 4.92. The third kappa shape index (κ3) is 5.91. The number of hydrogen-bond acceptors (Lipinski definition) is 9. The molecule has 4 heterocycles. The highest BCUT2D eigenvalue weighted by atomic mass is 19.4. The molecular formula is C28H32F3N9. The molecule has 0 saturated carbocycles. The van der Waals surface area contributed by atoms with Crippen LogP contribution in [0.5, 0.6) is 0 Å². The maximum Gasteiger partial charge on any atom is 0.420 e. The van der Waals surface area contributed by atoms with Gasteiger partial charge in [-0.2, -0.15) is 13.2 Å². The summed E-state index contributed by atoms with van der Waals surface area (Å²) in [5, 5.41) is 3.15. The van der Waals surface area contributed by atoms with Crippen LogP contribution < -0.4 is 21.7 Å². The lowest BCUT2D eigenvalue weighted by atomic mass is 9.91. The summed E-state index contributed by atoms with van der Waals surface area (Å²) in [6, 6.07) is 3.77. The number of nitrogens with zero attached hydrogens (tertiary/aromatic N) is 6. The zero-order chi connectivity index (χ0) is 28.5. The molecule has 40 heavy (non-hydrogen) atoms. The number of rotatable bonds is 6. The highest BCUT2D eigenvalue weighted by Gasteiger charge is 2.36. The minimum Gasteiger partial charge on any atom is -0.382 e. The van der Waals surface area contributed by atoms with E-state index in [1.807, 2.05) is 25.1 Å². The molecule has 2 aliphatic rings. The normalized spacial score (nSPS) is 17.3. The summed E-state index contributed by atoms with van der Waals surface area (Å²) < 4.78 is 42.0. The minimum absolute atomic E-state index is 0.00780. The Morgan fingerprint density at radius 3 is 2.58 bits per heavy atom. The molecule has 0 spiro atoms. The second kappa shape index (κ2) is 10.8. The Hall–Kier alpha value is -4.06. The number of aromatic nitrogens is 5. The highest BCUT2D eigenvalue weighted by molar-refractivity contribution is 5.82. The van der Waals surface area contributed by atoms with E-state index in [2.05, 4.69) is 41.7 Å². The van der Waals surface area contributed by atoms with Gasteiger partial charge in [-0.25, -0.2) is 24.9 Å². The van der Waals surface area contributed by atoms with Gasteiger partial charge >= 0.3 is 6.18 Å². The van der Waals surface area contributed by atoms with Crippen molar-refractivity contribution < 1.29 is 13.2 Å². The van der Waals surface area contributed by atoms with Gasteiger partial charge in [0, 0.05) is 31.0 Å². The number of hydrogen-bond donors (Lipinski definition) is 3. The van der Waals surface area contributed by atoms with E-state index < -0.39 is 11.7 Å². The Kier molecular flexibility index (Phi) is 7.45. The molecule has 0 amide bonds. The average Bonchev–Trinajstić information content (AvgIpc) is 2.93. The SMILES string of the molecule is C=C(Nc1ncccc1N1CCC(C)(N)CC1)c1nc(-c2nc(C3=CCCCC3)ncc2C(F)(F)F)cnc1N. The van der Waals surface area contributed by atoms with Crippen LogP contribution in [0.25, 0.3) is 22.7 Å². The Labute approximate surface area is 230 Å². The summed E-state index contributed by atoms with van der Waals surface area (Å²) in [5.74, 6) is 0.783. The monoisotopic (exact) mass is 551 g/mol. The van der Waals surface area contributed by atoms with Gasteiger partial charge in [-0.05, 0) is 63.2 Å². The number of nitrogens with one attached hydrogen (secondary N) is 1. The van der Waals surface area contributed by atoms with Crippen molar-refractivity contribution in [3.8, 4) is 11.4 Å². The van der Waals surface area contributed by atoms with Crippen LogP contribution in [0.1, 0.15) is 62.5 Å². The fraction of sp³-hybridized carbons (Fsp3) is 0.393. The van der Waals surface area contributed by atoms with Crippen molar-refractivity contribution in [2.24, 2.45) is 5.73 Å². The van der Waals surface area contributed by atoms with Gasteiger partial charge in [0.2, 0.25) is 0 Å². The Balaban J connectivity index is 1.47. The Morgan fingerprint density at radius 2 is 1.88 bits per heavy atom. The van der Waals surface area contributed by atoms with Crippen molar-refractivity contribution in [3.05, 3.63) is 60.5 Å². The summed E-state index contributed by atoms with van der Waals surface area (Å²) in [4.78, 5) is 23.6. The molecule has 0 radical (unpaired) electrons. The van der Waals surface area contributed by atoms with Crippen LogP contribution in [0.4, 0.5) is 30.5 Å². The molecule has 3 aromatic rings. The van der Waals surface area contributed by atoms with Gasteiger partial charge in [0.1, 0.15) is 22.6 Å². The topological polar surface area (TPSA) is 132 Å². The lowest BCUT2D eigenvalue weighted by Gasteiger charge is -2.38. The molecule has 1 fully saturated rings. The van der Waals surface area contributed by atoms with E-state index in [0.29, 0.717) is 12.2 Å². The highest BCUT2D eigenvalue weighted by Crippen LogP contribution is 2.37. The zero-order valence-electron chi connectivity index (χ0n) is 22.3. The molecule has 1 saturated heterocycles. The van der Waals surface area contributed by atoms with E-state index in [0.717, 1.165) is 62.7 Å². The van der Waals surface area contributed by atoms with Gasteiger partial charge in [0.05, 0.1) is 17.6 Å². The molecule has 1 aliphatic heterocycles. The summed E-state index contributed by atoms with van der Waals surface area (Å²) in [6.07, 6.45) is 6.07. The fourth-order valence-corrected chi connectivity index (χ4v) is 4.92. The minimum atomic E-state index is -4.69. The van der Waals surface area contributed by atoms with Gasteiger partial charge in [-0.1, -0.05) is 12.7 Å². The smallest absolute Gasteiger partial charge is 0.382 e. The molecule has 210 valence electrons. The summed E-state index contributed by atoms with van der Waals surface area (Å²) in [5.41, 5.74) is 12.8. The van der Waals surface area contributed by atoms with E-state index in [9.17, 15) is 13.2 Å². The summed E-state index contributed by atoms with van der Waals surface area (Å²) in [6.45, 7) is 7.60. The zero-order valence-corrected chi connectivity index (χ0v) is 22.3. The van der Waals surface area contributed by atoms with E-state index in [1.54, 1.807) is 6.20 Å². The van der Waals surface area contributed by atoms with Crippen LogP contribution in [0.15, 0.2) is 43.4 Å². The molecule has 9 nitrogen and oxygen atoms in total. The lowest BCUT2D eigenvalue weighted by Crippen LogP contribution is -2.48. The van der Waals surface area contributed by atoms with Gasteiger partial charge < -0.3 is 21.7 Å². The van der Waals surface area contributed by atoms with Gasteiger partial charge in [0.25, 0.3) is 0 Å². The van der Waals surface area contributed by atoms with Crippen LogP contribution in [-0.4, -0.2) is 43.5 Å². The molecule has 5 N–H and O–H groups in total. The number of allylic oxidation sites excluding steroid dienone is 2. The first-order valence-corrected chi connectivity index (χ1v) is 13.2. The van der Waals surface area contributed by atoms with Crippen molar-refractivity contribution in [1.29, 1.82) is 0 Å². The van der Waals surface area contributed by atoms with Crippen LogP contribution in [0.3, 0.4) is 0 Å². The molecule has 0 atom stereocenters. The first kappa shape index (κ1) is 27.5. The third-order valence-corrected chi connectivity index (χ3v) is 7.30. The summed E-state index contributed by atoms with van der Waals surface area (Å²) in [7, 11) is 0. The molecular weight excluding hydrogens is 519 g/mol. The van der Waals surface area contributed by atoms with Gasteiger partial charge in [-0.15, -0.1) is 0 Å². The quantitative estimate of drug-likeness (QED) is 0.374. The first-order chi connectivity index (χ1) is 19.0. The lowest BCUT2D eigenvalue weighted by molar-refractivity contribution is -0.137. The molecule has 0 aromatic carbocycles. The van der Waals surface area contributed by atoms with Crippen LogP contribution in [0.2, 0.25) is 0 Å². The van der Waals surface area contributed by atoms with E-state index in [1.165, 1.54) is 6.20 Å². The average molecular weight is 552 g/mol. The maximum absolute atomic E-state index is 14.0. The number of nitrogen functional groups attached to an aromatic ring is 1. The van der Waals surface area contributed by atoms with Gasteiger partial charge in [-0.3, -0.25) is 0 Å². The van der Waals surface area contributed by atoms with Crippen molar-refractivity contribution in [2.75, 3.05) is 29.0 Å². The van der Waals surface area contributed by atoms with Crippen LogP contribution >= 0.6 is 0 Å². The number of nitrogens with two attached hydrogens (primary N) is 2. The largest absolute Gasteiger partial charge is 0.420 e. The number of anilines is 3. The first-order valence-electron chi connectivity index (χ1n) is 13.2. The van der Waals surface area contributed by atoms with Crippen molar-refractivity contribution in [3.63, 3.8) is 0 Å². The molecule has 1 aliphatic carbocycles. The van der Waals surface area contributed by atoms with E-state index in [-0.39, 0.29) is 40.0 Å².